The number of halogens is 1. The van der Waals surface area contributed by atoms with Crippen LogP contribution in [0.2, 0.25) is 0 Å². The highest BCUT2D eigenvalue weighted by Crippen LogP contribution is 2.20. The van der Waals surface area contributed by atoms with Gasteiger partial charge in [0.15, 0.2) is 0 Å². The quantitative estimate of drug-likeness (QED) is 0.549. The maximum Gasteiger partial charge on any atom is 0.261 e. The minimum atomic E-state index is -3.96. The molecule has 1 fully saturated rings. The molecule has 1 aliphatic heterocycles. The average Bonchev–Trinajstić information content (AvgIpc) is 2.76. The number of nitrogens with zero attached hydrogens (tertiary/aromatic N) is 1. The molecule has 0 aliphatic carbocycles. The molecule has 3 rings (SSSR count). The van der Waals surface area contributed by atoms with Crippen molar-refractivity contribution in [2.75, 3.05) is 30.9 Å². The Morgan fingerprint density at radius 3 is 2.59 bits per heavy atom. The van der Waals surface area contributed by atoms with Gasteiger partial charge in [-0.1, -0.05) is 19.1 Å². The predicted octanol–water partition coefficient (Wildman–Crippen LogP) is 4.18. The van der Waals surface area contributed by atoms with E-state index >= 15 is 0 Å². The first-order valence-corrected chi connectivity index (χ1v) is 12.6. The number of likely N-dealkylation sites (tertiary alicyclic amines) is 1. The molecule has 32 heavy (non-hydrogen) atoms. The Morgan fingerprint density at radius 2 is 1.88 bits per heavy atom. The van der Waals surface area contributed by atoms with Crippen molar-refractivity contribution in [2.45, 2.75) is 44.4 Å². The average molecular weight is 462 g/mol. The molecular formula is C24H32FN3O3S. The van der Waals surface area contributed by atoms with Gasteiger partial charge < -0.3 is 10.2 Å². The molecule has 8 heteroatoms. The SMILES string of the molecule is Cc1ccc(S(=O)(=O)Nc2cccc(C(=O)NCCCCN3CCC(C)CC3)c2)cc1F. The van der Waals surface area contributed by atoms with Crippen molar-refractivity contribution < 1.29 is 17.6 Å². The Morgan fingerprint density at radius 1 is 1.12 bits per heavy atom. The normalized spacial score (nSPS) is 15.5. The van der Waals surface area contributed by atoms with Crippen molar-refractivity contribution in [1.82, 2.24) is 10.2 Å². The summed E-state index contributed by atoms with van der Waals surface area (Å²) in [6.45, 7) is 7.81. The number of carbonyl (C=O) groups is 1. The summed E-state index contributed by atoms with van der Waals surface area (Å²) in [5, 5.41) is 2.89. The highest BCUT2D eigenvalue weighted by molar-refractivity contribution is 7.92. The van der Waals surface area contributed by atoms with Gasteiger partial charge in [0.05, 0.1) is 4.90 Å². The van der Waals surface area contributed by atoms with E-state index < -0.39 is 15.8 Å². The Hall–Kier alpha value is -2.45. The van der Waals surface area contributed by atoms with Gasteiger partial charge in [-0.2, -0.15) is 0 Å². The van der Waals surface area contributed by atoms with Crippen LogP contribution in [-0.2, 0) is 10.0 Å². The Labute approximate surface area is 190 Å². The molecule has 0 bridgehead atoms. The van der Waals surface area contributed by atoms with Crippen molar-refractivity contribution in [3.63, 3.8) is 0 Å². The van der Waals surface area contributed by atoms with E-state index in [1.807, 2.05) is 0 Å². The van der Waals surface area contributed by atoms with Crippen LogP contribution in [-0.4, -0.2) is 45.4 Å². The lowest BCUT2D eigenvalue weighted by molar-refractivity contribution is 0.0952. The summed E-state index contributed by atoms with van der Waals surface area (Å²) in [4.78, 5) is 14.8. The van der Waals surface area contributed by atoms with Crippen LogP contribution in [0.3, 0.4) is 0 Å². The Bertz CT molecular complexity index is 1030. The van der Waals surface area contributed by atoms with Gasteiger partial charge in [0.1, 0.15) is 5.82 Å². The second-order valence-corrected chi connectivity index (χ2v) is 10.3. The van der Waals surface area contributed by atoms with E-state index in [2.05, 4.69) is 21.9 Å². The van der Waals surface area contributed by atoms with E-state index in [9.17, 15) is 17.6 Å². The first-order chi connectivity index (χ1) is 15.2. The number of unbranched alkanes of at least 4 members (excludes halogenated alkanes) is 1. The standard InChI is InChI=1S/C24H32FN3O3S/c1-18-10-14-28(15-11-18)13-4-3-12-26-24(29)20-6-5-7-21(16-20)27-32(30,31)22-9-8-19(2)23(25)17-22/h5-9,16-18,27H,3-4,10-15H2,1-2H3,(H,26,29). The van der Waals surface area contributed by atoms with E-state index in [-0.39, 0.29) is 16.5 Å². The number of benzene rings is 2. The van der Waals surface area contributed by atoms with E-state index in [0.29, 0.717) is 17.7 Å². The van der Waals surface area contributed by atoms with Gasteiger partial charge >= 0.3 is 0 Å². The predicted molar refractivity (Wildman–Crippen MR) is 125 cm³/mol. The molecule has 1 aliphatic rings. The first kappa shape index (κ1) is 24.2. The van der Waals surface area contributed by atoms with Crippen LogP contribution in [0.25, 0.3) is 0 Å². The number of sulfonamides is 1. The van der Waals surface area contributed by atoms with Crippen molar-refractivity contribution in [3.05, 3.63) is 59.4 Å². The zero-order valence-corrected chi connectivity index (χ0v) is 19.6. The second-order valence-electron chi connectivity index (χ2n) is 8.58. The summed E-state index contributed by atoms with van der Waals surface area (Å²) >= 11 is 0. The molecule has 0 atom stereocenters. The number of piperidine rings is 1. The zero-order chi connectivity index (χ0) is 23.1. The number of amides is 1. The molecule has 174 valence electrons. The van der Waals surface area contributed by atoms with Crippen LogP contribution in [0.15, 0.2) is 47.4 Å². The summed E-state index contributed by atoms with van der Waals surface area (Å²) < 4.78 is 41.3. The summed E-state index contributed by atoms with van der Waals surface area (Å²) in [6, 6.07) is 10.0. The maximum atomic E-state index is 13.8. The molecule has 0 spiro atoms. The molecule has 6 nitrogen and oxygen atoms in total. The number of carbonyl (C=O) groups excluding carboxylic acids is 1. The van der Waals surface area contributed by atoms with Crippen molar-refractivity contribution >= 4 is 21.6 Å². The summed E-state index contributed by atoms with van der Waals surface area (Å²) in [6.07, 6.45) is 4.44. The van der Waals surface area contributed by atoms with Gasteiger partial charge in [-0.05, 0) is 94.1 Å². The topological polar surface area (TPSA) is 78.5 Å². The zero-order valence-electron chi connectivity index (χ0n) is 18.7. The molecule has 1 saturated heterocycles. The third kappa shape index (κ3) is 6.77. The van der Waals surface area contributed by atoms with Gasteiger partial charge in [0.2, 0.25) is 0 Å². The van der Waals surface area contributed by atoms with Crippen molar-refractivity contribution in [1.29, 1.82) is 0 Å². The summed E-state index contributed by atoms with van der Waals surface area (Å²) in [7, 11) is -3.96. The molecule has 0 unspecified atom stereocenters. The summed E-state index contributed by atoms with van der Waals surface area (Å²) in [5.41, 5.74) is 0.983. The van der Waals surface area contributed by atoms with Gasteiger partial charge in [0, 0.05) is 17.8 Å². The van der Waals surface area contributed by atoms with Crippen LogP contribution in [0.1, 0.15) is 48.5 Å². The monoisotopic (exact) mass is 461 g/mol. The first-order valence-electron chi connectivity index (χ1n) is 11.1. The fraction of sp³-hybridized carbons (Fsp3) is 0.458. The van der Waals surface area contributed by atoms with Gasteiger partial charge in [-0.15, -0.1) is 0 Å². The molecule has 2 aromatic carbocycles. The van der Waals surface area contributed by atoms with Gasteiger partial charge in [0.25, 0.3) is 15.9 Å². The summed E-state index contributed by atoms with van der Waals surface area (Å²) in [5.74, 6) is -0.0149. The molecule has 2 aromatic rings. The minimum absolute atomic E-state index is 0.168. The van der Waals surface area contributed by atoms with E-state index in [0.717, 1.165) is 44.5 Å². The Balaban J connectivity index is 1.49. The van der Waals surface area contributed by atoms with Crippen molar-refractivity contribution in [2.24, 2.45) is 5.92 Å². The molecule has 1 amide bonds. The number of hydrogen-bond acceptors (Lipinski definition) is 4. The second kappa shape index (κ2) is 10.9. The highest BCUT2D eigenvalue weighted by atomic mass is 32.2. The largest absolute Gasteiger partial charge is 0.352 e. The lowest BCUT2D eigenvalue weighted by atomic mass is 9.99. The minimum Gasteiger partial charge on any atom is -0.352 e. The molecule has 2 N–H and O–H groups in total. The fourth-order valence-corrected chi connectivity index (χ4v) is 4.79. The molecule has 1 heterocycles. The number of hydrogen-bond donors (Lipinski definition) is 2. The number of nitrogens with one attached hydrogen (secondary N) is 2. The van der Waals surface area contributed by atoms with E-state index in [1.165, 1.54) is 31.0 Å². The smallest absolute Gasteiger partial charge is 0.261 e. The maximum absolute atomic E-state index is 13.8. The van der Waals surface area contributed by atoms with Crippen molar-refractivity contribution in [3.8, 4) is 0 Å². The molecule has 0 saturated carbocycles. The lowest BCUT2D eigenvalue weighted by Crippen LogP contribution is -2.34. The third-order valence-corrected chi connectivity index (χ3v) is 7.27. The van der Waals surface area contributed by atoms with Crippen LogP contribution in [0.4, 0.5) is 10.1 Å². The third-order valence-electron chi connectivity index (χ3n) is 5.89. The van der Waals surface area contributed by atoms with Crippen LogP contribution >= 0.6 is 0 Å². The lowest BCUT2D eigenvalue weighted by Gasteiger charge is -2.30. The van der Waals surface area contributed by atoms with Crippen LogP contribution in [0.5, 0.6) is 0 Å². The fourth-order valence-electron chi connectivity index (χ4n) is 3.73. The molecule has 0 aromatic heterocycles. The van der Waals surface area contributed by atoms with Gasteiger partial charge in [-0.3, -0.25) is 9.52 Å². The molecular weight excluding hydrogens is 429 g/mol. The van der Waals surface area contributed by atoms with E-state index in [4.69, 9.17) is 0 Å². The van der Waals surface area contributed by atoms with E-state index in [1.54, 1.807) is 25.1 Å². The van der Waals surface area contributed by atoms with Crippen LogP contribution in [0, 0.1) is 18.7 Å². The number of anilines is 1. The Kier molecular flexibility index (Phi) is 8.26. The number of rotatable bonds is 9. The van der Waals surface area contributed by atoms with Gasteiger partial charge in [-0.25, -0.2) is 12.8 Å². The molecule has 0 radical (unpaired) electrons. The van der Waals surface area contributed by atoms with Crippen LogP contribution < -0.4 is 10.0 Å². The highest BCUT2D eigenvalue weighted by Gasteiger charge is 2.17. The number of aryl methyl sites for hydroxylation is 1.